The van der Waals surface area contributed by atoms with Crippen molar-refractivity contribution in [2.45, 2.75) is 13.3 Å². The van der Waals surface area contributed by atoms with Gasteiger partial charge in [-0.05, 0) is 6.92 Å². The molecule has 0 aromatic heterocycles. The van der Waals surface area contributed by atoms with Crippen LogP contribution in [0.5, 0.6) is 0 Å². The summed E-state index contributed by atoms with van der Waals surface area (Å²) in [6, 6.07) is 0. The highest BCUT2D eigenvalue weighted by molar-refractivity contribution is 5.91. The highest BCUT2D eigenvalue weighted by atomic mass is 16.4. The number of hydrogen-bond donors (Lipinski definition) is 7. The molecule has 0 aromatic rings. The molecule has 0 bridgehead atoms. The van der Waals surface area contributed by atoms with E-state index in [0.717, 1.165) is 0 Å². The average Bonchev–Trinajstić information content (AvgIpc) is 2.50. The predicted octanol–water partition coefficient (Wildman–Crippen LogP) is -1.31. The van der Waals surface area contributed by atoms with Crippen LogP contribution in [-0.2, 0) is 14.4 Å². The van der Waals surface area contributed by atoms with Crippen molar-refractivity contribution < 1.29 is 50.1 Å². The van der Waals surface area contributed by atoms with Gasteiger partial charge in [0.15, 0.2) is 0 Å². The largest absolute Gasteiger partial charge is 0.481 e. The molecule has 0 atom stereocenters. The third kappa shape index (κ3) is 14.7. The quantitative estimate of drug-likeness (QED) is 0.258. The molecule has 0 aliphatic heterocycles. The van der Waals surface area contributed by atoms with Crippen molar-refractivity contribution in [3.63, 3.8) is 0 Å². The van der Waals surface area contributed by atoms with Gasteiger partial charge in [-0.3, -0.25) is 4.79 Å². The number of aliphatic hydroxyl groups is 4. The first-order valence-electron chi connectivity index (χ1n) is 6.38. The monoisotopic (exact) mass is 352 g/mol. The van der Waals surface area contributed by atoms with E-state index in [9.17, 15) is 14.4 Å². The Kier molecular flexibility index (Phi) is 15.9. The van der Waals surface area contributed by atoms with Gasteiger partial charge >= 0.3 is 17.9 Å². The highest BCUT2D eigenvalue weighted by Crippen LogP contribution is 2.11. The van der Waals surface area contributed by atoms with Crippen LogP contribution in [0, 0.1) is 5.41 Å². The highest BCUT2D eigenvalue weighted by Gasteiger charge is 2.26. The zero-order chi connectivity index (χ0) is 19.9. The van der Waals surface area contributed by atoms with Crippen LogP contribution in [0.4, 0.5) is 0 Å². The standard InChI is InChI=1S/C5H12O4.C5H6O4.C4H6O2/c6-1-5(2-7,3-8)4-9;1-3(5(8)9)2-4(6)7;1-3(2)4(5)6/h6-9H,1-4H2;1-2H2,(H,6,7)(H,8,9);1H2,2H3,(H,5,6). The zero-order valence-electron chi connectivity index (χ0n) is 13.3. The summed E-state index contributed by atoms with van der Waals surface area (Å²) < 4.78 is 0. The van der Waals surface area contributed by atoms with Gasteiger partial charge in [0.1, 0.15) is 0 Å². The molecular formula is C14H24O10. The molecular weight excluding hydrogens is 328 g/mol. The lowest BCUT2D eigenvalue weighted by Crippen LogP contribution is -2.37. The number of carboxylic acids is 3. The van der Waals surface area contributed by atoms with E-state index in [4.69, 9.17) is 35.7 Å². The Bertz CT molecular complexity index is 407. The van der Waals surface area contributed by atoms with E-state index in [1.165, 1.54) is 6.92 Å². The van der Waals surface area contributed by atoms with Crippen molar-refractivity contribution in [2.24, 2.45) is 5.41 Å². The molecule has 0 spiro atoms. The number of aliphatic hydroxyl groups excluding tert-OH is 4. The minimum Gasteiger partial charge on any atom is -0.481 e. The van der Waals surface area contributed by atoms with Crippen molar-refractivity contribution >= 4 is 17.9 Å². The fraction of sp³-hybridized carbons (Fsp3) is 0.500. The summed E-state index contributed by atoms with van der Waals surface area (Å²) in [5, 5.41) is 58.0. The molecule has 0 unspecified atom stereocenters. The summed E-state index contributed by atoms with van der Waals surface area (Å²) in [4.78, 5) is 29.3. The van der Waals surface area contributed by atoms with E-state index in [-0.39, 0.29) is 11.1 Å². The van der Waals surface area contributed by atoms with E-state index in [2.05, 4.69) is 13.2 Å². The van der Waals surface area contributed by atoms with Gasteiger partial charge in [0.2, 0.25) is 0 Å². The van der Waals surface area contributed by atoms with Crippen LogP contribution in [0.2, 0.25) is 0 Å². The predicted molar refractivity (Wildman–Crippen MR) is 82.3 cm³/mol. The third-order valence-electron chi connectivity index (χ3n) is 2.37. The molecule has 10 heteroatoms. The van der Waals surface area contributed by atoms with Gasteiger partial charge in [-0.15, -0.1) is 0 Å². The van der Waals surface area contributed by atoms with Gasteiger partial charge in [0.25, 0.3) is 0 Å². The molecule has 0 rings (SSSR count). The van der Waals surface area contributed by atoms with Crippen molar-refractivity contribution in [3.8, 4) is 0 Å². The SMILES string of the molecule is C=C(C)C(=O)O.C=C(CC(=O)O)C(=O)O.OCC(CO)(CO)CO. The van der Waals surface area contributed by atoms with Crippen molar-refractivity contribution in [3.05, 3.63) is 24.3 Å². The van der Waals surface area contributed by atoms with Crippen LogP contribution in [0.3, 0.4) is 0 Å². The van der Waals surface area contributed by atoms with Crippen LogP contribution in [-0.4, -0.2) is 80.1 Å². The maximum absolute atomic E-state index is 9.87. The lowest BCUT2D eigenvalue weighted by molar-refractivity contribution is -0.139. The molecule has 0 heterocycles. The smallest absolute Gasteiger partial charge is 0.331 e. The fourth-order valence-electron chi connectivity index (χ4n) is 0.558. The second-order valence-corrected chi connectivity index (χ2v) is 4.70. The van der Waals surface area contributed by atoms with E-state index < -0.39 is 56.2 Å². The van der Waals surface area contributed by atoms with E-state index in [1.807, 2.05) is 0 Å². The summed E-state index contributed by atoms with van der Waals surface area (Å²) in [6.45, 7) is 5.99. The van der Waals surface area contributed by atoms with Gasteiger partial charge in [0, 0.05) is 11.1 Å². The normalized spacial score (nSPS) is 9.54. The summed E-state index contributed by atoms with van der Waals surface area (Å²) >= 11 is 0. The number of carboxylic acid groups (broad SMARTS) is 3. The van der Waals surface area contributed by atoms with Gasteiger partial charge in [0.05, 0.1) is 38.3 Å². The first kappa shape index (κ1) is 26.6. The molecule has 7 N–H and O–H groups in total. The number of hydrogen-bond acceptors (Lipinski definition) is 7. The average molecular weight is 352 g/mol. The maximum Gasteiger partial charge on any atom is 0.331 e. The van der Waals surface area contributed by atoms with E-state index in [0.29, 0.717) is 0 Å². The van der Waals surface area contributed by atoms with Crippen LogP contribution < -0.4 is 0 Å². The number of carbonyl (C=O) groups is 3. The Morgan fingerprint density at radius 1 is 0.792 bits per heavy atom. The Morgan fingerprint density at radius 3 is 1.12 bits per heavy atom. The lowest BCUT2D eigenvalue weighted by Gasteiger charge is -2.23. The molecule has 0 saturated heterocycles. The van der Waals surface area contributed by atoms with Crippen LogP contribution in [0.1, 0.15) is 13.3 Å². The van der Waals surface area contributed by atoms with Gasteiger partial charge in [-0.2, -0.15) is 0 Å². The van der Waals surface area contributed by atoms with Crippen LogP contribution in [0.15, 0.2) is 24.3 Å². The minimum absolute atomic E-state index is 0.176. The molecule has 0 saturated carbocycles. The molecule has 0 fully saturated rings. The molecule has 0 aliphatic rings. The fourth-order valence-corrected chi connectivity index (χ4v) is 0.558. The first-order chi connectivity index (χ1) is 10.9. The second kappa shape index (κ2) is 14.3. The summed E-state index contributed by atoms with van der Waals surface area (Å²) in [7, 11) is 0. The molecule has 10 nitrogen and oxygen atoms in total. The molecule has 0 aliphatic carbocycles. The third-order valence-corrected chi connectivity index (χ3v) is 2.37. The van der Waals surface area contributed by atoms with Crippen molar-refractivity contribution in [2.75, 3.05) is 26.4 Å². The Hall–Kier alpha value is -2.27. The molecule has 0 radical (unpaired) electrons. The number of rotatable bonds is 8. The topological polar surface area (TPSA) is 193 Å². The molecule has 24 heavy (non-hydrogen) atoms. The molecule has 140 valence electrons. The van der Waals surface area contributed by atoms with Gasteiger partial charge in [-0.1, -0.05) is 13.2 Å². The minimum atomic E-state index is -1.27. The summed E-state index contributed by atoms with van der Waals surface area (Å²) in [5.41, 5.74) is -1.24. The van der Waals surface area contributed by atoms with Crippen LogP contribution in [0.25, 0.3) is 0 Å². The van der Waals surface area contributed by atoms with Crippen LogP contribution >= 0.6 is 0 Å². The van der Waals surface area contributed by atoms with Crippen molar-refractivity contribution in [1.82, 2.24) is 0 Å². The summed E-state index contributed by atoms with van der Waals surface area (Å²) in [5.74, 6) is -3.38. The molecule has 0 amide bonds. The van der Waals surface area contributed by atoms with Gasteiger partial charge in [-0.25, -0.2) is 9.59 Å². The lowest BCUT2D eigenvalue weighted by atomic mass is 9.93. The first-order valence-corrected chi connectivity index (χ1v) is 6.38. The summed E-state index contributed by atoms with van der Waals surface area (Å²) in [6.07, 6.45) is -0.505. The van der Waals surface area contributed by atoms with Gasteiger partial charge < -0.3 is 35.7 Å². The Labute approximate surface area is 138 Å². The van der Waals surface area contributed by atoms with E-state index >= 15 is 0 Å². The number of aliphatic carboxylic acids is 3. The Morgan fingerprint density at radius 2 is 1.08 bits per heavy atom. The zero-order valence-corrected chi connectivity index (χ0v) is 13.3. The second-order valence-electron chi connectivity index (χ2n) is 4.70. The maximum atomic E-state index is 9.87. The molecule has 0 aromatic carbocycles. The van der Waals surface area contributed by atoms with E-state index in [1.54, 1.807) is 0 Å². The Balaban J connectivity index is -0.000000282. The van der Waals surface area contributed by atoms with Crippen molar-refractivity contribution in [1.29, 1.82) is 0 Å².